The van der Waals surface area contributed by atoms with Gasteiger partial charge in [0.1, 0.15) is 0 Å². The van der Waals surface area contributed by atoms with E-state index in [2.05, 4.69) is 27.1 Å². The molecule has 0 radical (unpaired) electrons. The van der Waals surface area contributed by atoms with Crippen molar-refractivity contribution in [2.75, 3.05) is 37.7 Å². The van der Waals surface area contributed by atoms with Crippen LogP contribution in [0.3, 0.4) is 0 Å². The van der Waals surface area contributed by atoms with Crippen LogP contribution in [0, 0.1) is 0 Å². The van der Waals surface area contributed by atoms with E-state index in [4.69, 9.17) is 4.74 Å². The van der Waals surface area contributed by atoms with Gasteiger partial charge in [0.15, 0.2) is 0 Å². The van der Waals surface area contributed by atoms with Gasteiger partial charge in [-0.05, 0) is 6.54 Å². The summed E-state index contributed by atoms with van der Waals surface area (Å²) in [4.78, 5) is 10.9. The van der Waals surface area contributed by atoms with Gasteiger partial charge in [0.05, 0.1) is 13.2 Å². The average molecular weight is 222 g/mol. The molecule has 1 aromatic rings. The Bertz CT molecular complexity index is 308. The van der Waals surface area contributed by atoms with Crippen LogP contribution < -0.4 is 10.2 Å². The minimum atomic E-state index is 0.766. The number of anilines is 1. The van der Waals surface area contributed by atoms with Crippen molar-refractivity contribution in [1.82, 2.24) is 15.3 Å². The summed E-state index contributed by atoms with van der Waals surface area (Å²) in [6, 6.07) is 0. The zero-order valence-corrected chi connectivity index (χ0v) is 9.65. The molecule has 1 aromatic heterocycles. The summed E-state index contributed by atoms with van der Waals surface area (Å²) in [6.45, 7) is 7.18. The normalized spacial score (nSPS) is 16.4. The second-order valence-electron chi connectivity index (χ2n) is 3.77. The second-order valence-corrected chi connectivity index (χ2v) is 3.77. The fraction of sp³-hybridized carbons (Fsp3) is 0.636. The Morgan fingerprint density at radius 1 is 1.31 bits per heavy atom. The molecule has 1 N–H and O–H groups in total. The Balaban J connectivity index is 1.95. The van der Waals surface area contributed by atoms with Gasteiger partial charge in [-0.1, -0.05) is 6.92 Å². The largest absolute Gasteiger partial charge is 0.378 e. The highest BCUT2D eigenvalue weighted by Gasteiger charge is 2.12. The van der Waals surface area contributed by atoms with Gasteiger partial charge in [0.2, 0.25) is 5.95 Å². The topological polar surface area (TPSA) is 50.3 Å². The molecule has 0 unspecified atom stereocenters. The van der Waals surface area contributed by atoms with Crippen molar-refractivity contribution in [2.24, 2.45) is 0 Å². The smallest absolute Gasteiger partial charge is 0.225 e. The first-order chi connectivity index (χ1) is 7.90. The molecule has 2 rings (SSSR count). The van der Waals surface area contributed by atoms with Gasteiger partial charge >= 0.3 is 0 Å². The van der Waals surface area contributed by atoms with E-state index in [-0.39, 0.29) is 0 Å². The molecular weight excluding hydrogens is 204 g/mol. The van der Waals surface area contributed by atoms with E-state index in [1.807, 2.05) is 12.4 Å². The number of ether oxygens (including phenoxy) is 1. The van der Waals surface area contributed by atoms with Gasteiger partial charge in [-0.25, -0.2) is 9.97 Å². The molecule has 0 saturated carbocycles. The van der Waals surface area contributed by atoms with Crippen molar-refractivity contribution in [2.45, 2.75) is 13.5 Å². The van der Waals surface area contributed by atoms with Gasteiger partial charge in [-0.3, -0.25) is 0 Å². The Hall–Kier alpha value is -1.20. The fourth-order valence-corrected chi connectivity index (χ4v) is 1.64. The summed E-state index contributed by atoms with van der Waals surface area (Å²) in [5, 5.41) is 3.25. The molecule has 0 atom stereocenters. The van der Waals surface area contributed by atoms with Crippen molar-refractivity contribution >= 4 is 5.95 Å². The van der Waals surface area contributed by atoms with E-state index >= 15 is 0 Å². The number of rotatable bonds is 4. The van der Waals surface area contributed by atoms with Gasteiger partial charge < -0.3 is 15.0 Å². The summed E-state index contributed by atoms with van der Waals surface area (Å²) in [6.07, 6.45) is 3.78. The van der Waals surface area contributed by atoms with Crippen LogP contribution in [0.5, 0.6) is 0 Å². The number of hydrogen-bond donors (Lipinski definition) is 1. The number of morpholine rings is 1. The fourth-order valence-electron chi connectivity index (χ4n) is 1.64. The molecule has 0 aliphatic carbocycles. The predicted molar refractivity (Wildman–Crippen MR) is 62.4 cm³/mol. The minimum Gasteiger partial charge on any atom is -0.378 e. The zero-order chi connectivity index (χ0) is 11.2. The molecule has 1 saturated heterocycles. The SMILES string of the molecule is CCNCc1cnc(N2CCOCC2)nc1. The van der Waals surface area contributed by atoms with Crippen LogP contribution in [0.1, 0.15) is 12.5 Å². The van der Waals surface area contributed by atoms with Crippen LogP contribution in [0.15, 0.2) is 12.4 Å². The van der Waals surface area contributed by atoms with Crippen LogP contribution in [-0.2, 0) is 11.3 Å². The molecule has 0 spiro atoms. The predicted octanol–water partition coefficient (Wildman–Crippen LogP) is 0.423. The standard InChI is InChI=1S/C11H18N4O/c1-2-12-7-10-8-13-11(14-9-10)15-3-5-16-6-4-15/h8-9,12H,2-7H2,1H3. The van der Waals surface area contributed by atoms with Crippen LogP contribution >= 0.6 is 0 Å². The number of aromatic nitrogens is 2. The number of nitrogens with one attached hydrogen (secondary N) is 1. The van der Waals surface area contributed by atoms with Crippen molar-refractivity contribution in [3.8, 4) is 0 Å². The monoisotopic (exact) mass is 222 g/mol. The molecular formula is C11H18N4O. The van der Waals surface area contributed by atoms with Gasteiger partial charge in [0.25, 0.3) is 0 Å². The zero-order valence-electron chi connectivity index (χ0n) is 9.65. The van der Waals surface area contributed by atoms with Gasteiger partial charge in [0, 0.05) is 37.6 Å². The van der Waals surface area contributed by atoms with Crippen LogP contribution in [0.4, 0.5) is 5.95 Å². The molecule has 1 aliphatic heterocycles. The van der Waals surface area contributed by atoms with Crippen LogP contribution in [0.2, 0.25) is 0 Å². The summed E-state index contributed by atoms with van der Waals surface area (Å²) >= 11 is 0. The first-order valence-corrected chi connectivity index (χ1v) is 5.74. The third kappa shape index (κ3) is 2.90. The van der Waals surface area contributed by atoms with E-state index in [1.54, 1.807) is 0 Å². The average Bonchev–Trinajstić information content (AvgIpc) is 2.38. The van der Waals surface area contributed by atoms with Crippen LogP contribution in [0.25, 0.3) is 0 Å². The maximum Gasteiger partial charge on any atom is 0.225 e. The third-order valence-electron chi connectivity index (χ3n) is 2.56. The maximum atomic E-state index is 5.29. The van der Waals surface area contributed by atoms with Crippen molar-refractivity contribution in [3.63, 3.8) is 0 Å². The molecule has 5 nitrogen and oxygen atoms in total. The number of nitrogens with zero attached hydrogens (tertiary/aromatic N) is 3. The molecule has 88 valence electrons. The molecule has 1 fully saturated rings. The lowest BCUT2D eigenvalue weighted by atomic mass is 10.3. The summed E-state index contributed by atoms with van der Waals surface area (Å²) in [7, 11) is 0. The Labute approximate surface area is 95.8 Å². The summed E-state index contributed by atoms with van der Waals surface area (Å²) in [5.41, 5.74) is 1.12. The van der Waals surface area contributed by atoms with Gasteiger partial charge in [-0.15, -0.1) is 0 Å². The highest BCUT2D eigenvalue weighted by Crippen LogP contribution is 2.08. The first-order valence-electron chi connectivity index (χ1n) is 5.74. The molecule has 5 heteroatoms. The molecule has 0 amide bonds. The Morgan fingerprint density at radius 3 is 2.62 bits per heavy atom. The van der Waals surface area contributed by atoms with E-state index in [9.17, 15) is 0 Å². The molecule has 2 heterocycles. The summed E-state index contributed by atoms with van der Waals surface area (Å²) in [5.74, 6) is 0.809. The first kappa shape index (κ1) is 11.3. The molecule has 1 aliphatic rings. The number of hydrogen-bond acceptors (Lipinski definition) is 5. The van der Waals surface area contributed by atoms with E-state index < -0.39 is 0 Å². The van der Waals surface area contributed by atoms with E-state index in [0.717, 1.165) is 50.9 Å². The quantitative estimate of drug-likeness (QED) is 0.800. The lowest BCUT2D eigenvalue weighted by Gasteiger charge is -2.26. The highest BCUT2D eigenvalue weighted by molar-refractivity contribution is 5.30. The van der Waals surface area contributed by atoms with Crippen molar-refractivity contribution in [1.29, 1.82) is 0 Å². The molecule has 0 bridgehead atoms. The van der Waals surface area contributed by atoms with Crippen LogP contribution in [-0.4, -0.2) is 42.8 Å². The summed E-state index contributed by atoms with van der Waals surface area (Å²) < 4.78 is 5.29. The minimum absolute atomic E-state index is 0.766. The third-order valence-corrected chi connectivity index (χ3v) is 2.56. The highest BCUT2D eigenvalue weighted by atomic mass is 16.5. The lowest BCUT2D eigenvalue weighted by molar-refractivity contribution is 0.122. The lowest BCUT2D eigenvalue weighted by Crippen LogP contribution is -2.37. The molecule has 0 aromatic carbocycles. The van der Waals surface area contributed by atoms with E-state index in [1.165, 1.54) is 0 Å². The van der Waals surface area contributed by atoms with Crippen molar-refractivity contribution < 1.29 is 4.74 Å². The molecule has 16 heavy (non-hydrogen) atoms. The maximum absolute atomic E-state index is 5.29. The second kappa shape index (κ2) is 5.77. The van der Waals surface area contributed by atoms with E-state index in [0.29, 0.717) is 0 Å². The Morgan fingerprint density at radius 2 is 2.00 bits per heavy atom. The van der Waals surface area contributed by atoms with Crippen molar-refractivity contribution in [3.05, 3.63) is 18.0 Å². The Kier molecular flexibility index (Phi) is 4.07. The van der Waals surface area contributed by atoms with Gasteiger partial charge in [-0.2, -0.15) is 0 Å².